The van der Waals surface area contributed by atoms with Crippen LogP contribution in [0.15, 0.2) is 42.9 Å². The summed E-state index contributed by atoms with van der Waals surface area (Å²) >= 11 is 11.7. The largest absolute Gasteiger partial charge is 0.449 e. The van der Waals surface area contributed by atoms with E-state index in [0.29, 0.717) is 10.7 Å². The average molecular weight is 407 g/mol. The number of carbonyl (C=O) groups excluding carboxylic acids is 2. The average Bonchev–Trinajstić information content (AvgIpc) is 3.18. The number of halogens is 2. The predicted octanol–water partition coefficient (Wildman–Crippen LogP) is 2.55. The molecule has 27 heavy (non-hydrogen) atoms. The Kier molecular flexibility index (Phi) is 5.63. The van der Waals surface area contributed by atoms with Crippen LogP contribution < -0.4 is 5.32 Å². The van der Waals surface area contributed by atoms with E-state index in [0.717, 1.165) is 0 Å². The van der Waals surface area contributed by atoms with Crippen molar-refractivity contribution in [2.45, 2.75) is 13.0 Å². The second-order valence-corrected chi connectivity index (χ2v) is 6.17. The van der Waals surface area contributed by atoms with Gasteiger partial charge in [-0.1, -0.05) is 23.2 Å². The van der Waals surface area contributed by atoms with Crippen LogP contribution in [-0.4, -0.2) is 43.2 Å². The lowest BCUT2D eigenvalue weighted by molar-refractivity contribution is -0.123. The van der Waals surface area contributed by atoms with E-state index in [1.807, 2.05) is 0 Å². The number of rotatable bonds is 5. The van der Waals surface area contributed by atoms with Gasteiger partial charge in [-0.05, 0) is 47.7 Å². The minimum atomic E-state index is -1.06. The zero-order valence-electron chi connectivity index (χ0n) is 13.8. The van der Waals surface area contributed by atoms with Gasteiger partial charge < -0.3 is 10.1 Å². The summed E-state index contributed by atoms with van der Waals surface area (Å²) in [5.41, 5.74) is 0.944. The second kappa shape index (κ2) is 8.11. The molecule has 3 rings (SSSR count). The van der Waals surface area contributed by atoms with Gasteiger partial charge in [-0.15, -0.1) is 5.10 Å². The lowest BCUT2D eigenvalue weighted by Gasteiger charge is -2.14. The van der Waals surface area contributed by atoms with Gasteiger partial charge in [0.15, 0.2) is 11.9 Å². The first-order valence-electron chi connectivity index (χ1n) is 7.60. The molecule has 0 spiro atoms. The summed E-state index contributed by atoms with van der Waals surface area (Å²) in [6.07, 6.45) is 1.70. The number of ether oxygens (including phenoxy) is 1. The number of pyridine rings is 1. The number of nitrogens with zero attached hydrogens (tertiary/aromatic N) is 5. The van der Waals surface area contributed by atoms with Gasteiger partial charge in [0.25, 0.3) is 5.91 Å². The minimum absolute atomic E-state index is 0.125. The van der Waals surface area contributed by atoms with Gasteiger partial charge in [-0.3, -0.25) is 4.79 Å². The number of nitrogens with one attached hydrogen (secondary N) is 1. The first-order chi connectivity index (χ1) is 12.9. The van der Waals surface area contributed by atoms with E-state index >= 15 is 0 Å². The quantitative estimate of drug-likeness (QED) is 0.647. The highest BCUT2D eigenvalue weighted by Gasteiger charge is 2.20. The van der Waals surface area contributed by atoms with Crippen molar-refractivity contribution < 1.29 is 14.3 Å². The topological polar surface area (TPSA) is 112 Å². The van der Waals surface area contributed by atoms with Crippen molar-refractivity contribution in [3.63, 3.8) is 0 Å². The van der Waals surface area contributed by atoms with Gasteiger partial charge >= 0.3 is 5.97 Å². The summed E-state index contributed by atoms with van der Waals surface area (Å²) in [6.45, 7) is 1.44. The van der Waals surface area contributed by atoms with E-state index in [4.69, 9.17) is 27.9 Å². The van der Waals surface area contributed by atoms with Crippen LogP contribution in [0.25, 0.3) is 5.69 Å². The Morgan fingerprint density at radius 2 is 1.96 bits per heavy atom. The molecule has 0 fully saturated rings. The fraction of sp³-hybridized carbons (Fsp3) is 0.125. The Balaban J connectivity index is 1.62. The molecule has 0 unspecified atom stereocenters. The van der Waals surface area contributed by atoms with E-state index in [2.05, 4.69) is 25.8 Å². The highest BCUT2D eigenvalue weighted by Crippen LogP contribution is 2.22. The summed E-state index contributed by atoms with van der Waals surface area (Å²) in [4.78, 5) is 28.3. The number of benzene rings is 1. The molecule has 0 aliphatic rings. The zero-order valence-corrected chi connectivity index (χ0v) is 15.3. The molecule has 1 atom stereocenters. The molecule has 0 radical (unpaired) electrons. The highest BCUT2D eigenvalue weighted by atomic mass is 35.5. The third kappa shape index (κ3) is 4.57. The summed E-state index contributed by atoms with van der Waals surface area (Å²) < 4.78 is 6.61. The number of esters is 1. The van der Waals surface area contributed by atoms with Crippen molar-refractivity contribution in [1.29, 1.82) is 0 Å². The summed E-state index contributed by atoms with van der Waals surface area (Å²) in [5.74, 6) is -1.11. The van der Waals surface area contributed by atoms with Crippen LogP contribution in [0.3, 0.4) is 0 Å². The maximum Gasteiger partial charge on any atom is 0.338 e. The molecular weight excluding hydrogens is 395 g/mol. The van der Waals surface area contributed by atoms with Crippen molar-refractivity contribution in [3.8, 4) is 5.69 Å². The van der Waals surface area contributed by atoms with Gasteiger partial charge in [0.1, 0.15) is 6.33 Å². The van der Waals surface area contributed by atoms with Crippen molar-refractivity contribution in [3.05, 3.63) is 58.5 Å². The molecule has 3 aromatic rings. The third-order valence-corrected chi connectivity index (χ3v) is 3.91. The second-order valence-electron chi connectivity index (χ2n) is 5.32. The van der Waals surface area contributed by atoms with Gasteiger partial charge in [0.05, 0.1) is 21.3 Å². The van der Waals surface area contributed by atoms with E-state index in [9.17, 15) is 9.59 Å². The smallest absolute Gasteiger partial charge is 0.338 e. The van der Waals surface area contributed by atoms with Crippen LogP contribution in [-0.2, 0) is 9.53 Å². The Labute approximate surface area is 163 Å². The number of anilines is 1. The Morgan fingerprint density at radius 3 is 2.59 bits per heavy atom. The van der Waals surface area contributed by atoms with E-state index < -0.39 is 18.0 Å². The molecule has 1 N–H and O–H groups in total. The molecular formula is C16H12Cl2N6O3. The number of amides is 1. The Hall–Kier alpha value is -3.04. The predicted molar refractivity (Wildman–Crippen MR) is 96.9 cm³/mol. The van der Waals surface area contributed by atoms with Crippen LogP contribution >= 0.6 is 23.2 Å². The van der Waals surface area contributed by atoms with Crippen LogP contribution in [0.5, 0.6) is 0 Å². The van der Waals surface area contributed by atoms with Gasteiger partial charge in [-0.2, -0.15) is 0 Å². The van der Waals surface area contributed by atoms with Gasteiger partial charge in [-0.25, -0.2) is 14.5 Å². The molecule has 0 bridgehead atoms. The summed E-state index contributed by atoms with van der Waals surface area (Å²) in [7, 11) is 0. The lowest BCUT2D eigenvalue weighted by Crippen LogP contribution is -2.30. The molecule has 0 aliphatic heterocycles. The molecule has 2 aromatic heterocycles. The van der Waals surface area contributed by atoms with Crippen molar-refractivity contribution >= 4 is 40.9 Å². The highest BCUT2D eigenvalue weighted by molar-refractivity contribution is 6.36. The first-order valence-corrected chi connectivity index (χ1v) is 8.36. The van der Waals surface area contributed by atoms with Gasteiger partial charge in [0.2, 0.25) is 0 Å². The van der Waals surface area contributed by atoms with E-state index in [1.54, 1.807) is 24.3 Å². The van der Waals surface area contributed by atoms with Crippen molar-refractivity contribution in [2.24, 2.45) is 0 Å². The molecule has 0 saturated carbocycles. The van der Waals surface area contributed by atoms with Crippen LogP contribution in [0.2, 0.25) is 10.0 Å². The standard InChI is InChI=1S/C16H12Cl2N6O3/c1-9(15(25)21-14-13(18)6-11(17)7-19-14)27-16(26)10-2-4-12(5-3-10)24-8-20-22-23-24/h2-9H,1H3,(H,19,21,25)/t9-/m1/s1. The Morgan fingerprint density at radius 1 is 1.22 bits per heavy atom. The zero-order chi connectivity index (χ0) is 19.4. The normalized spacial score (nSPS) is 11.7. The maximum atomic E-state index is 12.2. The van der Waals surface area contributed by atoms with E-state index in [-0.39, 0.29) is 16.4 Å². The minimum Gasteiger partial charge on any atom is -0.449 e. The molecule has 2 heterocycles. The Bertz CT molecular complexity index is 963. The van der Waals surface area contributed by atoms with Crippen LogP contribution in [0.4, 0.5) is 5.82 Å². The number of hydrogen-bond acceptors (Lipinski definition) is 7. The SMILES string of the molecule is C[C@@H](OC(=O)c1ccc(-n2cnnn2)cc1)C(=O)Nc1ncc(Cl)cc1Cl. The molecule has 1 amide bonds. The summed E-state index contributed by atoms with van der Waals surface area (Å²) in [6, 6.07) is 7.82. The molecule has 0 aliphatic carbocycles. The third-order valence-electron chi connectivity index (χ3n) is 3.42. The molecule has 9 nitrogen and oxygen atoms in total. The number of tetrazole rings is 1. The molecule has 11 heteroatoms. The fourth-order valence-electron chi connectivity index (χ4n) is 2.04. The molecule has 0 saturated heterocycles. The monoisotopic (exact) mass is 406 g/mol. The summed E-state index contributed by atoms with van der Waals surface area (Å²) in [5, 5.41) is 13.8. The number of aromatic nitrogens is 5. The van der Waals surface area contributed by atoms with Crippen LogP contribution in [0, 0.1) is 0 Å². The van der Waals surface area contributed by atoms with Crippen LogP contribution in [0.1, 0.15) is 17.3 Å². The fourth-order valence-corrected chi connectivity index (χ4v) is 2.46. The van der Waals surface area contributed by atoms with Crippen molar-refractivity contribution in [2.75, 3.05) is 5.32 Å². The number of carbonyl (C=O) groups is 2. The van der Waals surface area contributed by atoms with Crippen molar-refractivity contribution in [1.82, 2.24) is 25.2 Å². The number of hydrogen-bond donors (Lipinski definition) is 1. The maximum absolute atomic E-state index is 12.2. The first kappa shape index (κ1) is 18.7. The van der Waals surface area contributed by atoms with E-state index in [1.165, 1.54) is 30.2 Å². The molecule has 138 valence electrons. The van der Waals surface area contributed by atoms with Gasteiger partial charge in [0, 0.05) is 6.20 Å². The lowest BCUT2D eigenvalue weighted by atomic mass is 10.2. The molecule has 1 aromatic carbocycles.